The fourth-order valence-corrected chi connectivity index (χ4v) is 2.24. The van der Waals surface area contributed by atoms with Gasteiger partial charge in [0.25, 0.3) is 0 Å². The van der Waals surface area contributed by atoms with Crippen LogP contribution in [0.1, 0.15) is 33.1 Å². The third-order valence-electron chi connectivity index (χ3n) is 1.52. The molecule has 1 radical (unpaired) electrons. The first-order valence-corrected chi connectivity index (χ1v) is 5.90. The molecule has 0 heterocycles. The first-order chi connectivity index (χ1) is 5.35. The minimum absolute atomic E-state index is 0.786. The van der Waals surface area contributed by atoms with Crippen molar-refractivity contribution in [2.75, 3.05) is 13.7 Å². The van der Waals surface area contributed by atoms with E-state index in [1.165, 1.54) is 19.3 Å². The lowest BCUT2D eigenvalue weighted by Crippen LogP contribution is -2.20. The number of rotatable bonds is 7. The smallest absolute Gasteiger partial charge is 0.384 e. The van der Waals surface area contributed by atoms with Crippen molar-refractivity contribution in [3.05, 3.63) is 0 Å². The molecule has 11 heavy (non-hydrogen) atoms. The molecule has 0 aliphatic carbocycles. The Kier molecular flexibility index (Phi) is 8.34. The van der Waals surface area contributed by atoms with Gasteiger partial charge in [0.2, 0.25) is 0 Å². The highest BCUT2D eigenvalue weighted by Crippen LogP contribution is 2.05. The average Bonchev–Trinajstić information content (AvgIpc) is 2.03. The van der Waals surface area contributed by atoms with E-state index in [-0.39, 0.29) is 0 Å². The van der Waals surface area contributed by atoms with Gasteiger partial charge < -0.3 is 8.85 Å². The largest absolute Gasteiger partial charge is 0.397 e. The molecule has 0 aromatic rings. The first kappa shape index (κ1) is 11.1. The molecule has 0 atom stereocenters. The van der Waals surface area contributed by atoms with Crippen molar-refractivity contribution in [2.24, 2.45) is 0 Å². The number of hydrogen-bond donors (Lipinski definition) is 0. The van der Waals surface area contributed by atoms with E-state index in [1.807, 2.05) is 6.92 Å². The van der Waals surface area contributed by atoms with E-state index in [0.717, 1.165) is 12.7 Å². The quantitative estimate of drug-likeness (QED) is 0.437. The molecule has 0 aromatic carbocycles. The van der Waals surface area contributed by atoms with Crippen LogP contribution in [-0.4, -0.2) is 23.0 Å². The second-order valence-corrected chi connectivity index (χ2v) is 4.41. The lowest BCUT2D eigenvalue weighted by molar-refractivity contribution is 0.240. The van der Waals surface area contributed by atoms with Gasteiger partial charge in [-0.3, -0.25) is 0 Å². The van der Waals surface area contributed by atoms with Crippen LogP contribution >= 0.6 is 0 Å². The van der Waals surface area contributed by atoms with Gasteiger partial charge in [-0.1, -0.05) is 26.2 Å². The van der Waals surface area contributed by atoms with Gasteiger partial charge in [0.1, 0.15) is 0 Å². The predicted molar refractivity (Wildman–Crippen MR) is 48.7 cm³/mol. The first-order valence-electron chi connectivity index (χ1n) is 4.37. The van der Waals surface area contributed by atoms with E-state index in [1.54, 1.807) is 7.11 Å². The maximum Gasteiger partial charge on any atom is 0.384 e. The Hall–Kier alpha value is 0.137. The number of hydrogen-bond acceptors (Lipinski definition) is 2. The molecule has 0 fully saturated rings. The van der Waals surface area contributed by atoms with Crippen molar-refractivity contribution in [3.8, 4) is 0 Å². The zero-order valence-corrected chi connectivity index (χ0v) is 8.85. The molecule has 67 valence electrons. The van der Waals surface area contributed by atoms with Gasteiger partial charge in [-0.15, -0.1) is 0 Å². The minimum Gasteiger partial charge on any atom is -0.397 e. The molecular formula is C8H19O2Si. The average molecular weight is 175 g/mol. The van der Waals surface area contributed by atoms with Crippen molar-refractivity contribution in [1.29, 1.82) is 0 Å². The number of unbranched alkanes of at least 4 members (excludes halogenated alkanes) is 2. The van der Waals surface area contributed by atoms with Gasteiger partial charge >= 0.3 is 9.28 Å². The van der Waals surface area contributed by atoms with Crippen LogP contribution in [-0.2, 0) is 8.85 Å². The molecule has 0 spiro atoms. The molecular weight excluding hydrogens is 156 g/mol. The predicted octanol–water partition coefficient (Wildman–Crippen LogP) is 2.35. The Bertz CT molecular complexity index is 78.5. The molecule has 2 nitrogen and oxygen atoms in total. The summed E-state index contributed by atoms with van der Waals surface area (Å²) in [5, 5.41) is 0. The van der Waals surface area contributed by atoms with Crippen molar-refractivity contribution < 1.29 is 8.85 Å². The molecule has 0 N–H and O–H groups in total. The van der Waals surface area contributed by atoms with E-state index in [9.17, 15) is 0 Å². The van der Waals surface area contributed by atoms with Gasteiger partial charge in [-0.2, -0.15) is 0 Å². The van der Waals surface area contributed by atoms with Crippen LogP contribution in [0, 0.1) is 0 Å². The highest BCUT2D eigenvalue weighted by atomic mass is 28.3. The van der Waals surface area contributed by atoms with Crippen molar-refractivity contribution in [2.45, 2.75) is 39.2 Å². The third kappa shape index (κ3) is 6.53. The molecule has 0 bridgehead atoms. The van der Waals surface area contributed by atoms with Crippen molar-refractivity contribution in [3.63, 3.8) is 0 Å². The molecule has 0 saturated carbocycles. The van der Waals surface area contributed by atoms with Gasteiger partial charge in [0.05, 0.1) is 0 Å². The molecule has 3 heteroatoms. The summed E-state index contributed by atoms with van der Waals surface area (Å²) in [6.07, 6.45) is 3.81. The van der Waals surface area contributed by atoms with E-state index >= 15 is 0 Å². The summed E-state index contributed by atoms with van der Waals surface area (Å²) >= 11 is 0. The summed E-state index contributed by atoms with van der Waals surface area (Å²) in [4.78, 5) is 0. The topological polar surface area (TPSA) is 18.5 Å². The zero-order chi connectivity index (χ0) is 8.53. The molecule has 0 aliphatic heterocycles. The SMILES string of the molecule is CCCCC[Si](OC)OCC. The second kappa shape index (κ2) is 8.24. The molecule has 0 saturated heterocycles. The van der Waals surface area contributed by atoms with E-state index in [2.05, 4.69) is 6.92 Å². The Morgan fingerprint density at radius 2 is 1.91 bits per heavy atom. The lowest BCUT2D eigenvalue weighted by atomic mass is 10.3. The zero-order valence-electron chi connectivity index (χ0n) is 7.85. The standard InChI is InChI=1S/C8H19O2Si/c1-4-6-7-8-11(9-3)10-5-2/h4-8H2,1-3H3. The summed E-state index contributed by atoms with van der Waals surface area (Å²) < 4.78 is 10.6. The van der Waals surface area contributed by atoms with E-state index in [0.29, 0.717) is 0 Å². The Morgan fingerprint density at radius 1 is 1.18 bits per heavy atom. The molecule has 0 rings (SSSR count). The Morgan fingerprint density at radius 3 is 2.36 bits per heavy atom. The van der Waals surface area contributed by atoms with Crippen LogP contribution in [0.3, 0.4) is 0 Å². The molecule has 0 aliphatic rings. The van der Waals surface area contributed by atoms with Crippen LogP contribution in [0.2, 0.25) is 6.04 Å². The van der Waals surface area contributed by atoms with Crippen LogP contribution in [0.25, 0.3) is 0 Å². The molecule has 0 amide bonds. The lowest BCUT2D eigenvalue weighted by Gasteiger charge is -2.09. The highest BCUT2D eigenvalue weighted by molar-refractivity contribution is 6.44. The highest BCUT2D eigenvalue weighted by Gasteiger charge is 2.11. The van der Waals surface area contributed by atoms with Crippen molar-refractivity contribution in [1.82, 2.24) is 0 Å². The summed E-state index contributed by atoms with van der Waals surface area (Å²) in [7, 11) is 0.839. The molecule has 0 unspecified atom stereocenters. The summed E-state index contributed by atoms with van der Waals surface area (Å²) in [6, 6.07) is 1.13. The van der Waals surface area contributed by atoms with Crippen LogP contribution < -0.4 is 0 Å². The van der Waals surface area contributed by atoms with Gasteiger partial charge in [0.15, 0.2) is 0 Å². The second-order valence-electron chi connectivity index (χ2n) is 2.47. The Balaban J connectivity index is 3.20. The summed E-state index contributed by atoms with van der Waals surface area (Å²) in [5.41, 5.74) is 0. The summed E-state index contributed by atoms with van der Waals surface area (Å²) in [6.45, 7) is 5.01. The third-order valence-corrected chi connectivity index (χ3v) is 3.35. The maximum absolute atomic E-state index is 5.42. The fourth-order valence-electron chi connectivity index (χ4n) is 0.913. The normalized spacial score (nSPS) is 10.9. The minimum atomic E-state index is -0.907. The summed E-state index contributed by atoms with van der Waals surface area (Å²) in [5.74, 6) is 0. The fraction of sp³-hybridized carbons (Fsp3) is 1.00. The van der Waals surface area contributed by atoms with Gasteiger partial charge in [-0.25, -0.2) is 0 Å². The van der Waals surface area contributed by atoms with E-state index < -0.39 is 9.28 Å². The van der Waals surface area contributed by atoms with Crippen molar-refractivity contribution >= 4 is 9.28 Å². The van der Waals surface area contributed by atoms with Gasteiger partial charge in [-0.05, 0) is 13.0 Å². The van der Waals surface area contributed by atoms with Crippen LogP contribution in [0.15, 0.2) is 0 Å². The molecule has 0 aromatic heterocycles. The van der Waals surface area contributed by atoms with Crippen LogP contribution in [0.4, 0.5) is 0 Å². The van der Waals surface area contributed by atoms with Crippen LogP contribution in [0.5, 0.6) is 0 Å². The van der Waals surface area contributed by atoms with Gasteiger partial charge in [0, 0.05) is 13.7 Å². The monoisotopic (exact) mass is 175 g/mol. The Labute approximate surface area is 71.7 Å². The maximum atomic E-state index is 5.42. The van der Waals surface area contributed by atoms with E-state index in [4.69, 9.17) is 8.85 Å².